The minimum atomic E-state index is 0.632. The number of benzene rings is 2. The summed E-state index contributed by atoms with van der Waals surface area (Å²) in [6.07, 6.45) is 4.69. The highest BCUT2D eigenvalue weighted by Crippen LogP contribution is 2.33. The third kappa shape index (κ3) is 2.64. The molecule has 0 saturated carbocycles. The average molecular weight is 293 g/mol. The number of ether oxygens (including phenoxy) is 1. The lowest BCUT2D eigenvalue weighted by atomic mass is 9.86. The number of hydrogen-bond donors (Lipinski definition) is 0. The van der Waals surface area contributed by atoms with E-state index >= 15 is 0 Å². The Morgan fingerprint density at radius 3 is 2.77 bits per heavy atom. The molecule has 2 aliphatic rings. The lowest BCUT2D eigenvalue weighted by molar-refractivity contribution is 0.214. The number of rotatable bonds is 3. The van der Waals surface area contributed by atoms with E-state index in [1.807, 2.05) is 0 Å². The molecule has 0 N–H and O–H groups in total. The monoisotopic (exact) mass is 293 g/mol. The van der Waals surface area contributed by atoms with Gasteiger partial charge in [-0.2, -0.15) is 0 Å². The van der Waals surface area contributed by atoms with Crippen LogP contribution in [-0.4, -0.2) is 24.6 Å². The molecule has 114 valence electrons. The van der Waals surface area contributed by atoms with E-state index in [-0.39, 0.29) is 0 Å². The van der Waals surface area contributed by atoms with Gasteiger partial charge in [0.1, 0.15) is 5.75 Å². The van der Waals surface area contributed by atoms with Crippen LogP contribution in [0.4, 0.5) is 0 Å². The summed E-state index contributed by atoms with van der Waals surface area (Å²) in [5, 5.41) is 0. The van der Waals surface area contributed by atoms with Crippen LogP contribution in [0.1, 0.15) is 28.7 Å². The highest BCUT2D eigenvalue weighted by Gasteiger charge is 2.24. The fourth-order valence-corrected chi connectivity index (χ4v) is 3.80. The van der Waals surface area contributed by atoms with Gasteiger partial charge in [0.25, 0.3) is 0 Å². The standard InChI is InChI=1S/C20H23NO/c1-21(14-15-5-3-2-4-6-15)19-8-7-16-11-17-9-10-22-20(17)13-18(16)12-19/h2-6,11,13,19H,7-10,12,14H2,1H3. The summed E-state index contributed by atoms with van der Waals surface area (Å²) in [5.74, 6) is 1.13. The van der Waals surface area contributed by atoms with E-state index in [0.717, 1.165) is 31.7 Å². The Morgan fingerprint density at radius 2 is 1.91 bits per heavy atom. The molecule has 0 bridgehead atoms. The summed E-state index contributed by atoms with van der Waals surface area (Å²) >= 11 is 0. The molecular weight excluding hydrogens is 270 g/mol. The molecular formula is C20H23NO. The Balaban J connectivity index is 1.49. The summed E-state index contributed by atoms with van der Waals surface area (Å²) in [7, 11) is 2.26. The minimum absolute atomic E-state index is 0.632. The van der Waals surface area contributed by atoms with Crippen molar-refractivity contribution in [1.82, 2.24) is 4.90 Å². The van der Waals surface area contributed by atoms with Gasteiger partial charge in [0.2, 0.25) is 0 Å². The zero-order valence-corrected chi connectivity index (χ0v) is 13.2. The summed E-state index contributed by atoms with van der Waals surface area (Å²) in [4.78, 5) is 2.51. The minimum Gasteiger partial charge on any atom is -0.493 e. The molecule has 22 heavy (non-hydrogen) atoms. The van der Waals surface area contributed by atoms with Crippen molar-refractivity contribution in [2.75, 3.05) is 13.7 Å². The van der Waals surface area contributed by atoms with Crippen molar-refractivity contribution in [2.45, 2.75) is 38.3 Å². The average Bonchev–Trinajstić information content (AvgIpc) is 3.00. The second-order valence-corrected chi connectivity index (χ2v) is 6.62. The quantitative estimate of drug-likeness (QED) is 0.857. The zero-order chi connectivity index (χ0) is 14.9. The third-order valence-corrected chi connectivity index (χ3v) is 5.11. The van der Waals surface area contributed by atoms with Crippen molar-refractivity contribution < 1.29 is 4.74 Å². The van der Waals surface area contributed by atoms with Gasteiger partial charge in [-0.05, 0) is 54.6 Å². The van der Waals surface area contributed by atoms with E-state index in [1.54, 1.807) is 5.56 Å². The first kappa shape index (κ1) is 13.8. The molecule has 0 saturated heterocycles. The van der Waals surface area contributed by atoms with Crippen LogP contribution in [0.25, 0.3) is 0 Å². The van der Waals surface area contributed by atoms with Crippen LogP contribution in [0.15, 0.2) is 42.5 Å². The van der Waals surface area contributed by atoms with E-state index in [0.29, 0.717) is 6.04 Å². The Morgan fingerprint density at radius 1 is 1.05 bits per heavy atom. The Hall–Kier alpha value is -1.80. The predicted octanol–water partition coefficient (Wildman–Crippen LogP) is 3.61. The molecule has 1 atom stereocenters. The van der Waals surface area contributed by atoms with Crippen LogP contribution in [-0.2, 0) is 25.8 Å². The van der Waals surface area contributed by atoms with Gasteiger partial charge in [-0.3, -0.25) is 4.90 Å². The van der Waals surface area contributed by atoms with Crippen LogP contribution in [0.3, 0.4) is 0 Å². The van der Waals surface area contributed by atoms with Gasteiger partial charge in [0.05, 0.1) is 6.61 Å². The molecule has 2 heteroatoms. The number of nitrogens with zero attached hydrogens (tertiary/aromatic N) is 1. The Bertz CT molecular complexity index is 665. The van der Waals surface area contributed by atoms with Gasteiger partial charge in [-0.25, -0.2) is 0 Å². The summed E-state index contributed by atoms with van der Waals surface area (Å²) in [6.45, 7) is 1.89. The highest BCUT2D eigenvalue weighted by molar-refractivity contribution is 5.46. The van der Waals surface area contributed by atoms with Crippen molar-refractivity contribution >= 4 is 0 Å². The SMILES string of the molecule is CN(Cc1ccccc1)C1CCc2cc3c(cc2C1)OCC3. The van der Waals surface area contributed by atoms with Gasteiger partial charge in [0, 0.05) is 19.0 Å². The maximum atomic E-state index is 5.74. The molecule has 1 aliphatic heterocycles. The van der Waals surface area contributed by atoms with Crippen molar-refractivity contribution in [3.8, 4) is 5.75 Å². The van der Waals surface area contributed by atoms with E-state index < -0.39 is 0 Å². The van der Waals surface area contributed by atoms with Gasteiger partial charge in [-0.15, -0.1) is 0 Å². The predicted molar refractivity (Wildman–Crippen MR) is 89.4 cm³/mol. The van der Waals surface area contributed by atoms with Crippen LogP contribution < -0.4 is 4.74 Å². The van der Waals surface area contributed by atoms with E-state index in [9.17, 15) is 0 Å². The molecule has 2 nitrogen and oxygen atoms in total. The summed E-state index contributed by atoms with van der Waals surface area (Å²) < 4.78 is 5.74. The Kier molecular flexibility index (Phi) is 3.63. The smallest absolute Gasteiger partial charge is 0.122 e. The lowest BCUT2D eigenvalue weighted by Gasteiger charge is -2.33. The molecule has 1 aliphatic carbocycles. The van der Waals surface area contributed by atoms with E-state index in [4.69, 9.17) is 4.74 Å². The Labute approximate surface area is 132 Å². The first-order valence-corrected chi connectivity index (χ1v) is 8.31. The molecule has 0 radical (unpaired) electrons. The molecule has 1 unspecified atom stereocenters. The van der Waals surface area contributed by atoms with Gasteiger partial charge >= 0.3 is 0 Å². The van der Waals surface area contributed by atoms with Crippen LogP contribution in [0.5, 0.6) is 5.75 Å². The molecule has 1 heterocycles. The van der Waals surface area contributed by atoms with Crippen LogP contribution >= 0.6 is 0 Å². The van der Waals surface area contributed by atoms with Gasteiger partial charge in [-0.1, -0.05) is 36.4 Å². The normalized spacial score (nSPS) is 19.6. The first-order chi connectivity index (χ1) is 10.8. The fraction of sp³-hybridized carbons (Fsp3) is 0.400. The lowest BCUT2D eigenvalue weighted by Crippen LogP contribution is -2.36. The van der Waals surface area contributed by atoms with Crippen molar-refractivity contribution in [3.63, 3.8) is 0 Å². The molecule has 0 amide bonds. The van der Waals surface area contributed by atoms with Crippen molar-refractivity contribution in [3.05, 3.63) is 64.7 Å². The number of hydrogen-bond acceptors (Lipinski definition) is 2. The third-order valence-electron chi connectivity index (χ3n) is 5.11. The maximum Gasteiger partial charge on any atom is 0.122 e. The molecule has 2 aromatic carbocycles. The molecule has 4 rings (SSSR count). The zero-order valence-electron chi connectivity index (χ0n) is 13.2. The highest BCUT2D eigenvalue weighted by atomic mass is 16.5. The summed E-state index contributed by atoms with van der Waals surface area (Å²) in [6, 6.07) is 16.1. The van der Waals surface area contributed by atoms with Crippen LogP contribution in [0, 0.1) is 0 Å². The van der Waals surface area contributed by atoms with Crippen LogP contribution in [0.2, 0.25) is 0 Å². The second kappa shape index (κ2) is 5.77. The van der Waals surface area contributed by atoms with Crippen molar-refractivity contribution in [1.29, 1.82) is 0 Å². The fourth-order valence-electron chi connectivity index (χ4n) is 3.80. The number of fused-ring (bicyclic) bond motifs is 2. The van der Waals surface area contributed by atoms with Gasteiger partial charge in [0.15, 0.2) is 0 Å². The first-order valence-electron chi connectivity index (χ1n) is 8.31. The number of likely N-dealkylation sites (N-methyl/N-ethyl adjacent to an activating group) is 1. The maximum absolute atomic E-state index is 5.74. The molecule has 0 spiro atoms. The van der Waals surface area contributed by atoms with E-state index in [2.05, 4.69) is 54.4 Å². The number of aryl methyl sites for hydroxylation is 1. The molecule has 2 aromatic rings. The van der Waals surface area contributed by atoms with E-state index in [1.165, 1.54) is 29.5 Å². The van der Waals surface area contributed by atoms with Crippen molar-refractivity contribution in [2.24, 2.45) is 0 Å². The summed E-state index contributed by atoms with van der Waals surface area (Å²) in [5.41, 5.74) is 5.85. The largest absolute Gasteiger partial charge is 0.493 e. The second-order valence-electron chi connectivity index (χ2n) is 6.62. The topological polar surface area (TPSA) is 12.5 Å². The van der Waals surface area contributed by atoms with Gasteiger partial charge < -0.3 is 4.74 Å². The molecule has 0 aromatic heterocycles. The molecule has 0 fully saturated rings.